The van der Waals surface area contributed by atoms with Gasteiger partial charge in [0, 0.05) is 24.5 Å². The van der Waals surface area contributed by atoms with Gasteiger partial charge in [-0.05, 0) is 39.5 Å². The zero-order chi connectivity index (χ0) is 19.0. The van der Waals surface area contributed by atoms with Gasteiger partial charge in [0.25, 0.3) is 0 Å². The van der Waals surface area contributed by atoms with E-state index in [1.165, 1.54) is 6.92 Å². The first-order chi connectivity index (χ1) is 12.3. The molecule has 1 aliphatic rings. The number of hydrogen-bond acceptors (Lipinski definition) is 5. The summed E-state index contributed by atoms with van der Waals surface area (Å²) in [4.78, 5) is 24.4. The average Bonchev–Trinajstić information content (AvgIpc) is 3.06. The van der Waals surface area contributed by atoms with Crippen LogP contribution in [0, 0.1) is 19.8 Å². The number of carbonyl (C=O) groups excluding carboxylic acids is 2. The van der Waals surface area contributed by atoms with Crippen molar-refractivity contribution in [3.8, 4) is 0 Å². The second kappa shape index (κ2) is 7.03. The zero-order valence-corrected chi connectivity index (χ0v) is 15.6. The smallest absolute Gasteiger partial charge is 0.242 e. The number of aliphatic hydroxyl groups is 1. The van der Waals surface area contributed by atoms with Crippen molar-refractivity contribution in [1.82, 2.24) is 24.9 Å². The van der Waals surface area contributed by atoms with Crippen LogP contribution >= 0.6 is 0 Å². The third kappa shape index (κ3) is 3.55. The number of Topliss-reactive ketones (excluding diaryl/α,β-unsaturated/α-hetero) is 1. The molecule has 140 valence electrons. The first-order valence-corrected chi connectivity index (χ1v) is 8.77. The quantitative estimate of drug-likeness (QED) is 0.751. The van der Waals surface area contributed by atoms with Gasteiger partial charge in [-0.2, -0.15) is 10.2 Å². The molecular weight excluding hydrogens is 334 g/mol. The summed E-state index contributed by atoms with van der Waals surface area (Å²) in [7, 11) is 1.83. The van der Waals surface area contributed by atoms with Crippen molar-refractivity contribution in [2.24, 2.45) is 13.0 Å². The van der Waals surface area contributed by atoms with Crippen molar-refractivity contribution in [3.05, 3.63) is 34.9 Å². The molecule has 1 amide bonds. The molecule has 0 spiro atoms. The number of ketones is 1. The molecular formula is C18H25N5O3. The second-order valence-corrected chi connectivity index (χ2v) is 7.14. The average molecular weight is 359 g/mol. The van der Waals surface area contributed by atoms with Crippen molar-refractivity contribution in [3.63, 3.8) is 0 Å². The predicted octanol–water partition coefficient (Wildman–Crippen LogP) is 1.06. The highest BCUT2D eigenvalue weighted by atomic mass is 16.3. The Morgan fingerprint density at radius 3 is 2.58 bits per heavy atom. The van der Waals surface area contributed by atoms with Gasteiger partial charge in [-0.25, -0.2) is 0 Å². The van der Waals surface area contributed by atoms with Gasteiger partial charge < -0.3 is 10.4 Å². The molecule has 1 unspecified atom stereocenters. The second-order valence-electron chi connectivity index (χ2n) is 7.14. The SMILES string of the molecule is CC(=O)c1c(C)nn(CC(=O)NC(c2cnn(C)c2)C2CC(O)C2)c1C. The zero-order valence-electron chi connectivity index (χ0n) is 15.6. The first-order valence-electron chi connectivity index (χ1n) is 8.77. The van der Waals surface area contributed by atoms with Gasteiger partial charge in [-0.1, -0.05) is 0 Å². The van der Waals surface area contributed by atoms with Gasteiger partial charge in [0.15, 0.2) is 5.78 Å². The maximum atomic E-state index is 12.6. The highest BCUT2D eigenvalue weighted by molar-refractivity contribution is 5.96. The molecule has 1 fully saturated rings. The molecule has 0 aliphatic heterocycles. The Bertz CT molecular complexity index is 832. The van der Waals surface area contributed by atoms with Crippen molar-refractivity contribution in [1.29, 1.82) is 0 Å². The Morgan fingerprint density at radius 2 is 2.08 bits per heavy atom. The summed E-state index contributed by atoms with van der Waals surface area (Å²) in [5.74, 6) is -0.0457. The lowest BCUT2D eigenvalue weighted by Crippen LogP contribution is -2.42. The van der Waals surface area contributed by atoms with Gasteiger partial charge in [-0.3, -0.25) is 19.0 Å². The topological polar surface area (TPSA) is 102 Å². The minimum absolute atomic E-state index is 0.0476. The summed E-state index contributed by atoms with van der Waals surface area (Å²) in [6, 6.07) is -0.191. The molecule has 0 radical (unpaired) electrons. The molecule has 0 saturated heterocycles. The molecule has 8 nitrogen and oxygen atoms in total. The Labute approximate surface area is 152 Å². The monoisotopic (exact) mass is 359 g/mol. The molecule has 2 aromatic rings. The maximum Gasteiger partial charge on any atom is 0.242 e. The van der Waals surface area contributed by atoms with Crippen LogP contribution in [0.1, 0.15) is 53.1 Å². The van der Waals surface area contributed by atoms with Gasteiger partial charge >= 0.3 is 0 Å². The van der Waals surface area contributed by atoms with Crippen LogP contribution in [0.2, 0.25) is 0 Å². The van der Waals surface area contributed by atoms with E-state index >= 15 is 0 Å². The third-order valence-corrected chi connectivity index (χ3v) is 5.05. The largest absolute Gasteiger partial charge is 0.393 e. The fourth-order valence-corrected chi connectivity index (χ4v) is 3.69. The van der Waals surface area contributed by atoms with Crippen LogP contribution in [0.15, 0.2) is 12.4 Å². The fraction of sp³-hybridized carbons (Fsp3) is 0.556. The van der Waals surface area contributed by atoms with Gasteiger partial charge in [0.05, 0.1) is 29.6 Å². The number of nitrogens with one attached hydrogen (secondary N) is 1. The lowest BCUT2D eigenvalue weighted by Gasteiger charge is -2.37. The summed E-state index contributed by atoms with van der Waals surface area (Å²) in [5.41, 5.74) is 2.83. The highest BCUT2D eigenvalue weighted by Gasteiger charge is 2.36. The molecule has 1 aliphatic carbocycles. The third-order valence-electron chi connectivity index (χ3n) is 5.05. The number of aryl methyl sites for hydroxylation is 2. The van der Waals surface area contributed by atoms with Crippen molar-refractivity contribution in [2.45, 2.75) is 52.3 Å². The van der Waals surface area contributed by atoms with Crippen LogP contribution in [-0.4, -0.2) is 42.5 Å². The van der Waals surface area contributed by atoms with E-state index in [1.807, 2.05) is 13.2 Å². The van der Waals surface area contributed by atoms with Crippen LogP contribution in [0.3, 0.4) is 0 Å². The number of aromatic nitrogens is 4. The first kappa shape index (κ1) is 18.3. The molecule has 2 N–H and O–H groups in total. The molecule has 8 heteroatoms. The van der Waals surface area contributed by atoms with Gasteiger partial charge in [-0.15, -0.1) is 0 Å². The summed E-state index contributed by atoms with van der Waals surface area (Å²) >= 11 is 0. The van der Waals surface area contributed by atoms with E-state index in [4.69, 9.17) is 0 Å². The van der Waals surface area contributed by atoms with E-state index in [0.717, 1.165) is 5.56 Å². The van der Waals surface area contributed by atoms with Crippen molar-refractivity contribution in [2.75, 3.05) is 0 Å². The van der Waals surface area contributed by atoms with E-state index in [9.17, 15) is 14.7 Å². The summed E-state index contributed by atoms with van der Waals surface area (Å²) in [6.07, 6.45) is 4.65. The molecule has 1 saturated carbocycles. The van der Waals surface area contributed by atoms with E-state index in [-0.39, 0.29) is 36.3 Å². The van der Waals surface area contributed by atoms with Gasteiger partial charge in [0.2, 0.25) is 5.91 Å². The van der Waals surface area contributed by atoms with E-state index < -0.39 is 0 Å². The molecule has 3 rings (SSSR count). The number of amides is 1. The Hall–Kier alpha value is -2.48. The summed E-state index contributed by atoms with van der Waals surface area (Å²) in [6.45, 7) is 5.12. The number of aliphatic hydroxyl groups excluding tert-OH is 1. The van der Waals surface area contributed by atoms with Crippen molar-refractivity contribution < 1.29 is 14.7 Å². The molecule has 2 aromatic heterocycles. The molecule has 0 aromatic carbocycles. The number of carbonyl (C=O) groups is 2. The Kier molecular flexibility index (Phi) is 4.95. The highest BCUT2D eigenvalue weighted by Crippen LogP contribution is 2.37. The van der Waals surface area contributed by atoms with Crippen LogP contribution in [0.4, 0.5) is 0 Å². The van der Waals surface area contributed by atoms with Crippen LogP contribution in [0.5, 0.6) is 0 Å². The molecule has 26 heavy (non-hydrogen) atoms. The van der Waals surface area contributed by atoms with Crippen LogP contribution in [0.25, 0.3) is 0 Å². The Morgan fingerprint density at radius 1 is 1.38 bits per heavy atom. The van der Waals surface area contributed by atoms with E-state index in [2.05, 4.69) is 15.5 Å². The predicted molar refractivity (Wildman–Crippen MR) is 94.5 cm³/mol. The standard InChI is InChI=1S/C18H25N5O3/c1-10-17(12(3)24)11(2)23(21-10)9-16(26)20-18(13-5-15(25)6-13)14-7-19-22(4)8-14/h7-8,13,15,18,25H,5-6,9H2,1-4H3,(H,20,26). The van der Waals surface area contributed by atoms with Gasteiger partial charge in [0.1, 0.15) is 6.54 Å². The van der Waals surface area contributed by atoms with Crippen LogP contribution < -0.4 is 5.32 Å². The lowest BCUT2D eigenvalue weighted by atomic mass is 9.75. The lowest BCUT2D eigenvalue weighted by molar-refractivity contribution is -0.123. The minimum Gasteiger partial charge on any atom is -0.393 e. The Balaban J connectivity index is 1.74. The fourth-order valence-electron chi connectivity index (χ4n) is 3.69. The maximum absolute atomic E-state index is 12.6. The number of rotatable bonds is 6. The number of hydrogen-bond donors (Lipinski definition) is 2. The minimum atomic E-state index is -0.301. The summed E-state index contributed by atoms with van der Waals surface area (Å²) in [5, 5.41) is 21.2. The van der Waals surface area contributed by atoms with Crippen molar-refractivity contribution >= 4 is 11.7 Å². The summed E-state index contributed by atoms with van der Waals surface area (Å²) < 4.78 is 3.26. The molecule has 0 bridgehead atoms. The molecule has 2 heterocycles. The molecule has 1 atom stereocenters. The normalized spacial score (nSPS) is 20.5. The number of nitrogens with zero attached hydrogens (tertiary/aromatic N) is 4. The van der Waals surface area contributed by atoms with E-state index in [1.54, 1.807) is 29.4 Å². The van der Waals surface area contributed by atoms with Crippen LogP contribution in [-0.2, 0) is 18.4 Å². The van der Waals surface area contributed by atoms with E-state index in [0.29, 0.717) is 29.8 Å².